The molecule has 10 heteroatoms. The van der Waals surface area contributed by atoms with Crippen LogP contribution in [0.5, 0.6) is 0 Å². The van der Waals surface area contributed by atoms with Crippen molar-refractivity contribution in [1.29, 1.82) is 0 Å². The van der Waals surface area contributed by atoms with Gasteiger partial charge in [-0.05, 0) is 0 Å². The Morgan fingerprint density at radius 1 is 1.10 bits per heavy atom. The van der Waals surface area contributed by atoms with Crippen LogP contribution in [0, 0.1) is 0 Å². The van der Waals surface area contributed by atoms with Crippen molar-refractivity contribution in [1.82, 2.24) is 9.55 Å². The third-order valence-corrected chi connectivity index (χ3v) is 6.93. The number of carbonyl (C=O) groups is 2. The fourth-order valence-electron chi connectivity index (χ4n) is 3.05. The zero-order chi connectivity index (χ0) is 21.0. The first-order valence-electron chi connectivity index (χ1n) is 8.84. The molecule has 0 amide bonds. The fourth-order valence-corrected chi connectivity index (χ4v) is 5.82. The molecule has 2 heterocycles. The van der Waals surface area contributed by atoms with Crippen molar-refractivity contribution in [3.8, 4) is 0 Å². The van der Waals surface area contributed by atoms with Gasteiger partial charge in [-0.25, -0.2) is 0 Å². The van der Waals surface area contributed by atoms with E-state index in [4.69, 9.17) is 14.2 Å². The monoisotopic (exact) mass is 468 g/mol. The first-order valence-corrected chi connectivity index (χ1v) is 10.7. The van der Waals surface area contributed by atoms with Gasteiger partial charge in [-0.3, -0.25) is 0 Å². The van der Waals surface area contributed by atoms with Crippen LogP contribution in [0.2, 0.25) is 4.82 Å². The van der Waals surface area contributed by atoms with Gasteiger partial charge in [0.05, 0.1) is 0 Å². The van der Waals surface area contributed by atoms with Gasteiger partial charge in [-0.1, -0.05) is 0 Å². The summed E-state index contributed by atoms with van der Waals surface area (Å²) in [6.07, 6.45) is -1.08. The molecule has 0 unspecified atom stereocenters. The second-order valence-corrected chi connectivity index (χ2v) is 8.98. The molecule has 1 fully saturated rings. The Labute approximate surface area is 172 Å². The maximum atomic E-state index is 12.4. The molecule has 1 N–H and O–H groups in total. The molecule has 1 aliphatic heterocycles. The Morgan fingerprint density at radius 2 is 1.79 bits per heavy atom. The van der Waals surface area contributed by atoms with Gasteiger partial charge in [0.25, 0.3) is 0 Å². The van der Waals surface area contributed by atoms with Gasteiger partial charge in [0.1, 0.15) is 0 Å². The van der Waals surface area contributed by atoms with Gasteiger partial charge in [-0.2, -0.15) is 0 Å². The van der Waals surface area contributed by atoms with Crippen LogP contribution < -0.4 is 15.7 Å². The summed E-state index contributed by atoms with van der Waals surface area (Å²) in [5.41, 5.74) is -1.16. The quantitative estimate of drug-likeness (QED) is 0.476. The topological polar surface area (TPSA) is 117 Å². The Hall–Kier alpha value is -2.68. The molecule has 2 aromatic rings. The molecular weight excluding hydrogens is 447 g/mol. The van der Waals surface area contributed by atoms with E-state index in [0.717, 1.165) is 4.46 Å². The molecule has 0 saturated carbocycles. The Balaban J connectivity index is 2.03. The van der Waals surface area contributed by atoms with E-state index in [0.29, 0.717) is 0 Å². The normalized spacial score (nSPS) is 23.9. The Kier molecular flexibility index (Phi) is 6.68. The molecule has 4 atom stereocenters. The van der Waals surface area contributed by atoms with E-state index < -0.39 is 46.4 Å². The number of ether oxygens (including phenoxy) is 3. The number of nitrogens with zero attached hydrogens (tertiary/aromatic N) is 1. The van der Waals surface area contributed by atoms with Crippen LogP contribution in [-0.2, 0) is 23.8 Å². The van der Waals surface area contributed by atoms with Crippen molar-refractivity contribution < 1.29 is 23.8 Å². The third kappa shape index (κ3) is 5.23. The summed E-state index contributed by atoms with van der Waals surface area (Å²) in [6, 6.07) is 10.7. The van der Waals surface area contributed by atoms with Crippen molar-refractivity contribution in [3.05, 3.63) is 63.4 Å². The van der Waals surface area contributed by atoms with E-state index in [1.807, 2.05) is 30.3 Å². The van der Waals surface area contributed by atoms with Crippen LogP contribution in [0.4, 0.5) is 0 Å². The van der Waals surface area contributed by atoms with Gasteiger partial charge in [-0.15, -0.1) is 0 Å². The minimum atomic E-state index is -0.811. The molecule has 0 spiro atoms. The zero-order valence-corrected chi connectivity index (χ0v) is 17.5. The molecule has 1 aromatic heterocycles. The number of rotatable bonds is 5. The SMILES string of the molecule is CC(=O)O[C@H]1[C@H]([Se]c2ccccc2)[C@@H](n2ccc(=O)[nH]c2=O)OC[C@H]1OC(C)=O. The average molecular weight is 467 g/mol. The van der Waals surface area contributed by atoms with Gasteiger partial charge in [0.2, 0.25) is 0 Å². The molecule has 1 aromatic carbocycles. The van der Waals surface area contributed by atoms with Crippen LogP contribution in [0.15, 0.2) is 52.2 Å². The number of hydrogen-bond donors (Lipinski definition) is 1. The van der Waals surface area contributed by atoms with Crippen LogP contribution >= 0.6 is 0 Å². The molecule has 0 radical (unpaired) electrons. The maximum absolute atomic E-state index is 12.4. The van der Waals surface area contributed by atoms with E-state index in [-0.39, 0.29) is 21.6 Å². The number of carbonyl (C=O) groups excluding carboxylic acids is 2. The molecule has 0 aliphatic carbocycles. The molecule has 1 aliphatic rings. The van der Waals surface area contributed by atoms with Gasteiger partial charge < -0.3 is 0 Å². The van der Waals surface area contributed by atoms with E-state index >= 15 is 0 Å². The van der Waals surface area contributed by atoms with E-state index in [1.165, 1.54) is 30.7 Å². The van der Waals surface area contributed by atoms with Gasteiger partial charge in [0, 0.05) is 0 Å². The summed E-state index contributed by atoms with van der Waals surface area (Å²) in [5, 5.41) is 0. The van der Waals surface area contributed by atoms with E-state index in [9.17, 15) is 19.2 Å². The first-order chi connectivity index (χ1) is 13.8. The Bertz CT molecular complexity index is 988. The number of H-pyrrole nitrogens is 1. The molecule has 3 rings (SSSR count). The summed E-state index contributed by atoms with van der Waals surface area (Å²) in [6.45, 7) is 2.48. The summed E-state index contributed by atoms with van der Waals surface area (Å²) in [7, 11) is 0. The standard InChI is InChI=1S/C19H20N2O7Se/c1-11(22)27-14-10-26-18(21-9-8-15(24)20-19(21)25)17(16(14)28-12(2)23)29-13-6-4-3-5-7-13/h3-9,14,16-18H,10H2,1-2H3,(H,20,24,25)/t14-,16-,17+,18+/m1/s1. The fraction of sp³-hybridized carbons (Fsp3) is 0.368. The second-order valence-electron chi connectivity index (χ2n) is 6.36. The molecule has 154 valence electrons. The number of aromatic nitrogens is 2. The summed E-state index contributed by atoms with van der Waals surface area (Å²) in [4.78, 5) is 48.9. The summed E-state index contributed by atoms with van der Waals surface area (Å²) >= 11 is -0.319. The molecule has 29 heavy (non-hydrogen) atoms. The van der Waals surface area contributed by atoms with Gasteiger partial charge in [0.15, 0.2) is 0 Å². The summed E-state index contributed by atoms with van der Waals surface area (Å²) < 4.78 is 19.0. The van der Waals surface area contributed by atoms with Crippen LogP contribution in [-0.4, -0.2) is 55.3 Å². The van der Waals surface area contributed by atoms with E-state index in [2.05, 4.69) is 4.98 Å². The van der Waals surface area contributed by atoms with Crippen LogP contribution in [0.1, 0.15) is 20.1 Å². The number of hydrogen-bond acceptors (Lipinski definition) is 7. The van der Waals surface area contributed by atoms with Crippen molar-refractivity contribution in [2.45, 2.75) is 37.1 Å². The Morgan fingerprint density at radius 3 is 2.41 bits per heavy atom. The molecule has 0 bridgehead atoms. The van der Waals surface area contributed by atoms with Crippen LogP contribution in [0.25, 0.3) is 0 Å². The predicted octanol–water partition coefficient (Wildman–Crippen LogP) is -0.253. The first kappa shape index (κ1) is 21.0. The van der Waals surface area contributed by atoms with Gasteiger partial charge >= 0.3 is 172 Å². The van der Waals surface area contributed by atoms with Crippen molar-refractivity contribution in [3.63, 3.8) is 0 Å². The number of aromatic amines is 1. The van der Waals surface area contributed by atoms with E-state index in [1.54, 1.807) is 0 Å². The van der Waals surface area contributed by atoms with Crippen molar-refractivity contribution in [2.24, 2.45) is 0 Å². The van der Waals surface area contributed by atoms with Crippen molar-refractivity contribution in [2.75, 3.05) is 6.61 Å². The number of benzene rings is 1. The molecule has 9 nitrogen and oxygen atoms in total. The summed E-state index contributed by atoms with van der Waals surface area (Å²) in [5.74, 6) is -1.06. The average Bonchev–Trinajstić information content (AvgIpc) is 2.65. The molecule has 1 saturated heterocycles. The van der Waals surface area contributed by atoms with Crippen molar-refractivity contribution >= 4 is 31.4 Å². The molecular formula is C19H20N2O7Se. The van der Waals surface area contributed by atoms with Crippen LogP contribution in [0.3, 0.4) is 0 Å². The number of nitrogens with one attached hydrogen (secondary N) is 1. The third-order valence-electron chi connectivity index (χ3n) is 4.16. The second kappa shape index (κ2) is 9.21. The zero-order valence-electron chi connectivity index (χ0n) is 15.8. The number of esters is 2. The minimum absolute atomic E-state index is 0.0604. The predicted molar refractivity (Wildman–Crippen MR) is 103 cm³/mol.